The quantitative estimate of drug-likeness (QED) is 0.913. The van der Waals surface area contributed by atoms with E-state index < -0.39 is 17.8 Å². The number of halogens is 1. The van der Waals surface area contributed by atoms with Crippen molar-refractivity contribution in [3.8, 4) is 0 Å². The van der Waals surface area contributed by atoms with Crippen LogP contribution in [-0.4, -0.2) is 11.9 Å². The number of hydrogen-bond donors (Lipinski definition) is 1. The molecule has 1 aliphatic rings. The summed E-state index contributed by atoms with van der Waals surface area (Å²) in [6.07, 6.45) is 2.66. The van der Waals surface area contributed by atoms with Gasteiger partial charge in [0.15, 0.2) is 0 Å². The first-order valence-corrected chi connectivity index (χ1v) is 6.77. The number of aryl methyl sites for hydroxylation is 1. The van der Waals surface area contributed by atoms with Crippen LogP contribution < -0.4 is 10.4 Å². The second kappa shape index (κ2) is 6.03. The predicted octanol–water partition coefficient (Wildman–Crippen LogP) is 1.63. The van der Waals surface area contributed by atoms with Crippen molar-refractivity contribution in [1.29, 1.82) is 0 Å². The van der Waals surface area contributed by atoms with Gasteiger partial charge in [0.2, 0.25) is 5.91 Å². The molecule has 1 aromatic carbocycles. The summed E-state index contributed by atoms with van der Waals surface area (Å²) in [4.78, 5) is 23.3. The molecule has 4 nitrogen and oxygen atoms in total. The van der Waals surface area contributed by atoms with Crippen molar-refractivity contribution in [2.75, 3.05) is 5.32 Å². The van der Waals surface area contributed by atoms with Crippen LogP contribution >= 0.6 is 0 Å². The van der Waals surface area contributed by atoms with Gasteiger partial charge in [0.25, 0.3) is 0 Å². The summed E-state index contributed by atoms with van der Waals surface area (Å²) in [5.74, 6) is -3.16. The average Bonchev–Trinajstić information content (AvgIpc) is 2.41. The highest BCUT2D eigenvalue weighted by molar-refractivity contribution is 5.95. The van der Waals surface area contributed by atoms with E-state index in [1.807, 2.05) is 0 Å². The molecular weight excluding hydrogens is 261 g/mol. The van der Waals surface area contributed by atoms with Crippen LogP contribution in [-0.2, 0) is 9.59 Å². The molecule has 1 saturated carbocycles. The number of carboxylic acids is 1. The molecule has 0 aliphatic heterocycles. The topological polar surface area (TPSA) is 69.2 Å². The van der Waals surface area contributed by atoms with Crippen LogP contribution in [0.25, 0.3) is 0 Å². The molecule has 1 aromatic rings. The molecule has 108 valence electrons. The van der Waals surface area contributed by atoms with Crippen molar-refractivity contribution in [2.24, 2.45) is 11.8 Å². The summed E-state index contributed by atoms with van der Waals surface area (Å²) >= 11 is 0. The maximum Gasteiger partial charge on any atom is 0.228 e. The molecule has 1 fully saturated rings. The molecule has 2 rings (SSSR count). The van der Waals surface area contributed by atoms with E-state index in [1.54, 1.807) is 6.92 Å². The lowest BCUT2D eigenvalue weighted by molar-refractivity contribution is -0.313. The summed E-state index contributed by atoms with van der Waals surface area (Å²) in [6, 6.07) is 4.08. The monoisotopic (exact) mass is 278 g/mol. The number of amides is 1. The van der Waals surface area contributed by atoms with Gasteiger partial charge in [-0.1, -0.05) is 12.8 Å². The lowest BCUT2D eigenvalue weighted by atomic mass is 9.78. The van der Waals surface area contributed by atoms with Gasteiger partial charge in [0, 0.05) is 23.5 Å². The number of carboxylic acid groups (broad SMARTS) is 1. The lowest BCUT2D eigenvalue weighted by Crippen LogP contribution is -2.42. The second-order valence-corrected chi connectivity index (χ2v) is 5.26. The van der Waals surface area contributed by atoms with Crippen LogP contribution in [0.15, 0.2) is 18.2 Å². The number of aliphatic carboxylic acids is 1. The molecule has 0 radical (unpaired) electrons. The third-order valence-electron chi connectivity index (χ3n) is 3.85. The second-order valence-electron chi connectivity index (χ2n) is 5.26. The van der Waals surface area contributed by atoms with E-state index in [0.29, 0.717) is 24.1 Å². The first-order valence-electron chi connectivity index (χ1n) is 6.77. The minimum atomic E-state index is -1.17. The van der Waals surface area contributed by atoms with E-state index >= 15 is 0 Å². The molecule has 1 N–H and O–H groups in total. The Labute approximate surface area is 117 Å². The molecule has 0 aromatic heterocycles. The Hall–Kier alpha value is -1.91. The van der Waals surface area contributed by atoms with Crippen molar-refractivity contribution in [1.82, 2.24) is 0 Å². The van der Waals surface area contributed by atoms with Crippen LogP contribution in [0.3, 0.4) is 0 Å². The largest absolute Gasteiger partial charge is 0.550 e. The highest BCUT2D eigenvalue weighted by Crippen LogP contribution is 2.31. The van der Waals surface area contributed by atoms with E-state index in [-0.39, 0.29) is 11.7 Å². The first-order chi connectivity index (χ1) is 9.49. The minimum Gasteiger partial charge on any atom is -0.550 e. The van der Waals surface area contributed by atoms with E-state index in [4.69, 9.17) is 0 Å². The van der Waals surface area contributed by atoms with Gasteiger partial charge in [-0.3, -0.25) is 4.79 Å². The van der Waals surface area contributed by atoms with E-state index in [9.17, 15) is 19.1 Å². The number of nitrogens with one attached hydrogen (secondary N) is 1. The fourth-order valence-electron chi connectivity index (χ4n) is 2.72. The van der Waals surface area contributed by atoms with Crippen molar-refractivity contribution < 1.29 is 19.1 Å². The van der Waals surface area contributed by atoms with Crippen molar-refractivity contribution >= 4 is 17.6 Å². The number of benzene rings is 1. The molecule has 0 spiro atoms. The maximum absolute atomic E-state index is 13.0. The molecule has 0 heterocycles. The fraction of sp³-hybridized carbons (Fsp3) is 0.467. The Kier molecular flexibility index (Phi) is 4.37. The average molecular weight is 278 g/mol. The SMILES string of the molecule is Cc1cc(F)ccc1NC(=O)[C@H]1CCCC[C@H]1C(=O)[O-]. The summed E-state index contributed by atoms with van der Waals surface area (Å²) in [6.45, 7) is 1.69. The van der Waals surface area contributed by atoms with E-state index in [0.717, 1.165) is 12.8 Å². The summed E-state index contributed by atoms with van der Waals surface area (Å²) < 4.78 is 13.0. The third kappa shape index (κ3) is 3.15. The number of rotatable bonds is 3. The highest BCUT2D eigenvalue weighted by atomic mass is 19.1. The number of anilines is 1. The number of hydrogen-bond acceptors (Lipinski definition) is 3. The zero-order valence-electron chi connectivity index (χ0n) is 11.3. The molecule has 0 bridgehead atoms. The molecule has 5 heteroatoms. The van der Waals surface area contributed by atoms with Gasteiger partial charge in [-0.25, -0.2) is 4.39 Å². The standard InChI is InChI=1S/C15H18FNO3/c1-9-8-10(16)6-7-13(9)17-14(18)11-4-2-3-5-12(11)15(19)20/h6-8,11-12H,2-5H2,1H3,(H,17,18)(H,19,20)/p-1/t11-,12+/m0/s1. The molecule has 1 aliphatic carbocycles. The summed E-state index contributed by atoms with van der Waals surface area (Å²) in [7, 11) is 0. The minimum absolute atomic E-state index is 0.325. The van der Waals surface area contributed by atoms with E-state index in [1.165, 1.54) is 18.2 Å². The Bertz CT molecular complexity index is 530. The normalized spacial score (nSPS) is 22.3. The van der Waals surface area contributed by atoms with Crippen LogP contribution in [0.5, 0.6) is 0 Å². The zero-order chi connectivity index (χ0) is 14.7. The van der Waals surface area contributed by atoms with Crippen molar-refractivity contribution in [3.05, 3.63) is 29.6 Å². The number of carbonyl (C=O) groups excluding carboxylic acids is 2. The predicted molar refractivity (Wildman–Crippen MR) is 70.2 cm³/mol. The van der Waals surface area contributed by atoms with Gasteiger partial charge >= 0.3 is 0 Å². The van der Waals surface area contributed by atoms with Gasteiger partial charge in [0.05, 0.1) is 0 Å². The molecule has 20 heavy (non-hydrogen) atoms. The van der Waals surface area contributed by atoms with Crippen LogP contribution in [0.2, 0.25) is 0 Å². The van der Waals surface area contributed by atoms with Gasteiger partial charge in [0.1, 0.15) is 5.82 Å². The Balaban J connectivity index is 2.12. The molecule has 1 amide bonds. The van der Waals surface area contributed by atoms with E-state index in [2.05, 4.69) is 5.32 Å². The first kappa shape index (κ1) is 14.5. The molecule has 0 unspecified atom stereocenters. The molecule has 0 saturated heterocycles. The maximum atomic E-state index is 13.0. The summed E-state index contributed by atoms with van der Waals surface area (Å²) in [5, 5.41) is 13.8. The lowest BCUT2D eigenvalue weighted by Gasteiger charge is -2.31. The molecular formula is C15H17FNO3-. The Morgan fingerprint density at radius 3 is 2.50 bits per heavy atom. The Morgan fingerprint density at radius 1 is 1.25 bits per heavy atom. The van der Waals surface area contributed by atoms with Crippen molar-refractivity contribution in [2.45, 2.75) is 32.6 Å². The van der Waals surface area contributed by atoms with Gasteiger partial charge in [-0.15, -0.1) is 0 Å². The van der Waals surface area contributed by atoms with Crippen LogP contribution in [0, 0.1) is 24.6 Å². The number of carbonyl (C=O) groups is 2. The fourth-order valence-corrected chi connectivity index (χ4v) is 2.72. The Morgan fingerprint density at radius 2 is 1.90 bits per heavy atom. The van der Waals surface area contributed by atoms with Gasteiger partial charge in [-0.2, -0.15) is 0 Å². The highest BCUT2D eigenvalue weighted by Gasteiger charge is 2.31. The van der Waals surface area contributed by atoms with Gasteiger partial charge in [-0.05, 0) is 43.5 Å². The van der Waals surface area contributed by atoms with Crippen molar-refractivity contribution in [3.63, 3.8) is 0 Å². The molecule has 2 atom stereocenters. The smallest absolute Gasteiger partial charge is 0.228 e. The van der Waals surface area contributed by atoms with Gasteiger partial charge < -0.3 is 15.2 Å². The van der Waals surface area contributed by atoms with Crippen LogP contribution in [0.1, 0.15) is 31.2 Å². The zero-order valence-corrected chi connectivity index (χ0v) is 11.3. The third-order valence-corrected chi connectivity index (χ3v) is 3.85. The van der Waals surface area contributed by atoms with Crippen LogP contribution in [0.4, 0.5) is 10.1 Å². The summed E-state index contributed by atoms with van der Waals surface area (Å²) in [5.41, 5.74) is 1.12.